The second-order valence-electron chi connectivity index (χ2n) is 1.85. The van der Waals surface area contributed by atoms with Gasteiger partial charge in [0, 0.05) is 23.9 Å². The number of hydrogen-bond acceptors (Lipinski definition) is 3. The predicted octanol–water partition coefficient (Wildman–Crippen LogP) is 1.33. The third kappa shape index (κ3) is 0.823. The number of hydrogen-bond donors (Lipinski definition) is 0. The molecule has 0 saturated heterocycles. The van der Waals surface area contributed by atoms with Gasteiger partial charge in [0.15, 0.2) is 0 Å². The molecule has 4 heteroatoms. The summed E-state index contributed by atoms with van der Waals surface area (Å²) in [6, 6.07) is 3.94. The average Bonchev–Trinajstić information content (AvgIpc) is 2.59. The van der Waals surface area contributed by atoms with Crippen LogP contribution in [0.1, 0.15) is 0 Å². The minimum Gasteiger partial charge on any atom is -0.313 e. The van der Waals surface area contributed by atoms with Crippen molar-refractivity contribution < 1.29 is 0 Å². The lowest BCUT2D eigenvalue weighted by Crippen LogP contribution is -1.82. The molecule has 0 unspecified atom stereocenters. The fourth-order valence-electron chi connectivity index (χ4n) is 0.757. The Balaban J connectivity index is 2.48. The molecule has 0 aliphatic heterocycles. The first-order valence-corrected chi connectivity index (χ1v) is 3.65. The summed E-state index contributed by atoms with van der Waals surface area (Å²) in [5.41, 5.74) is 0. The molecule has 0 atom stereocenters. The predicted molar refractivity (Wildman–Crippen MR) is 39.2 cm³/mol. The number of nitrogens with zero attached hydrogens (tertiary/aromatic N) is 3. The summed E-state index contributed by atoms with van der Waals surface area (Å²) >= 11 is 1.38. The Morgan fingerprint density at radius 1 is 1.30 bits per heavy atom. The second-order valence-corrected chi connectivity index (χ2v) is 2.61. The molecule has 0 bridgehead atoms. The SMILES string of the molecule is c1ccn(-c2cnns2)c1. The van der Waals surface area contributed by atoms with E-state index in [2.05, 4.69) is 9.59 Å². The quantitative estimate of drug-likeness (QED) is 0.615. The van der Waals surface area contributed by atoms with Crippen molar-refractivity contribution in [3.8, 4) is 5.00 Å². The molecular formula is C6H5N3S. The monoisotopic (exact) mass is 151 g/mol. The molecular weight excluding hydrogens is 146 g/mol. The van der Waals surface area contributed by atoms with Crippen LogP contribution in [0.4, 0.5) is 0 Å². The van der Waals surface area contributed by atoms with E-state index in [0.717, 1.165) is 5.00 Å². The molecule has 0 aliphatic carbocycles. The van der Waals surface area contributed by atoms with Crippen LogP contribution in [0.25, 0.3) is 5.00 Å². The zero-order valence-electron chi connectivity index (χ0n) is 5.14. The standard InChI is InChI=1S/C6H5N3S/c1-2-4-9(3-1)6-5-7-8-10-6/h1-5H. The highest BCUT2D eigenvalue weighted by Crippen LogP contribution is 2.08. The van der Waals surface area contributed by atoms with E-state index in [-0.39, 0.29) is 0 Å². The first-order chi connectivity index (χ1) is 4.97. The Bertz CT molecular complexity index is 252. The van der Waals surface area contributed by atoms with Crippen LogP contribution in [0.5, 0.6) is 0 Å². The molecule has 0 aliphatic rings. The first-order valence-electron chi connectivity index (χ1n) is 2.87. The lowest BCUT2D eigenvalue weighted by molar-refractivity contribution is 1.09. The molecule has 2 aromatic heterocycles. The van der Waals surface area contributed by atoms with Gasteiger partial charge in [-0.2, -0.15) is 0 Å². The third-order valence-corrected chi connectivity index (χ3v) is 1.89. The van der Waals surface area contributed by atoms with Crippen molar-refractivity contribution in [1.82, 2.24) is 14.2 Å². The maximum absolute atomic E-state index is 3.75. The van der Waals surface area contributed by atoms with Crippen LogP contribution in [0.15, 0.2) is 30.7 Å². The summed E-state index contributed by atoms with van der Waals surface area (Å²) in [4.78, 5) is 0. The van der Waals surface area contributed by atoms with Crippen molar-refractivity contribution in [2.75, 3.05) is 0 Å². The first kappa shape index (κ1) is 5.61. The Kier molecular flexibility index (Phi) is 1.25. The van der Waals surface area contributed by atoms with Gasteiger partial charge in [0.2, 0.25) is 0 Å². The molecule has 0 N–H and O–H groups in total. The highest BCUT2D eigenvalue weighted by atomic mass is 32.1. The average molecular weight is 151 g/mol. The molecule has 0 saturated carbocycles. The van der Waals surface area contributed by atoms with E-state index in [9.17, 15) is 0 Å². The van der Waals surface area contributed by atoms with E-state index in [1.54, 1.807) is 6.20 Å². The lowest BCUT2D eigenvalue weighted by Gasteiger charge is -1.91. The molecule has 10 heavy (non-hydrogen) atoms. The topological polar surface area (TPSA) is 30.7 Å². The van der Waals surface area contributed by atoms with Crippen LogP contribution in [0.2, 0.25) is 0 Å². The van der Waals surface area contributed by atoms with Gasteiger partial charge in [-0.3, -0.25) is 0 Å². The zero-order chi connectivity index (χ0) is 6.81. The van der Waals surface area contributed by atoms with Crippen LogP contribution in [-0.2, 0) is 0 Å². The molecule has 0 spiro atoms. The molecule has 2 rings (SSSR count). The summed E-state index contributed by atoms with van der Waals surface area (Å²) in [5, 5.41) is 4.77. The smallest absolute Gasteiger partial charge is 0.140 e. The molecule has 2 heterocycles. The maximum Gasteiger partial charge on any atom is 0.140 e. The summed E-state index contributed by atoms with van der Waals surface area (Å²) in [7, 11) is 0. The molecule has 0 amide bonds. The Morgan fingerprint density at radius 2 is 2.10 bits per heavy atom. The molecule has 0 radical (unpaired) electrons. The van der Waals surface area contributed by atoms with E-state index in [4.69, 9.17) is 0 Å². The van der Waals surface area contributed by atoms with Crippen molar-refractivity contribution in [1.29, 1.82) is 0 Å². The fourth-order valence-corrected chi connectivity index (χ4v) is 1.25. The zero-order valence-corrected chi connectivity index (χ0v) is 5.95. The minimum atomic E-state index is 1.05. The van der Waals surface area contributed by atoms with Gasteiger partial charge in [0.25, 0.3) is 0 Å². The van der Waals surface area contributed by atoms with Crippen molar-refractivity contribution >= 4 is 11.5 Å². The highest BCUT2D eigenvalue weighted by molar-refractivity contribution is 7.08. The number of aromatic nitrogens is 3. The Hall–Kier alpha value is -1.16. The van der Waals surface area contributed by atoms with Gasteiger partial charge in [-0.05, 0) is 12.1 Å². The normalized spacial score (nSPS) is 10.0. The van der Waals surface area contributed by atoms with Gasteiger partial charge in [0.1, 0.15) is 5.00 Å². The van der Waals surface area contributed by atoms with Crippen LogP contribution in [-0.4, -0.2) is 14.2 Å². The van der Waals surface area contributed by atoms with E-state index in [1.165, 1.54) is 11.5 Å². The minimum absolute atomic E-state index is 1.05. The van der Waals surface area contributed by atoms with E-state index in [0.29, 0.717) is 0 Å². The molecule has 0 aromatic carbocycles. The van der Waals surface area contributed by atoms with Crippen LogP contribution in [0, 0.1) is 0 Å². The summed E-state index contributed by atoms with van der Waals surface area (Å²) in [6.07, 6.45) is 5.68. The van der Waals surface area contributed by atoms with Gasteiger partial charge in [-0.1, -0.05) is 4.49 Å². The molecule has 3 nitrogen and oxygen atoms in total. The van der Waals surface area contributed by atoms with Gasteiger partial charge in [-0.25, -0.2) is 0 Å². The third-order valence-electron chi connectivity index (χ3n) is 1.21. The van der Waals surface area contributed by atoms with Crippen molar-refractivity contribution in [2.24, 2.45) is 0 Å². The second kappa shape index (κ2) is 2.22. The van der Waals surface area contributed by atoms with Crippen LogP contribution >= 0.6 is 11.5 Å². The van der Waals surface area contributed by atoms with E-state index in [1.807, 2.05) is 29.1 Å². The largest absolute Gasteiger partial charge is 0.313 e. The van der Waals surface area contributed by atoms with Crippen molar-refractivity contribution in [3.63, 3.8) is 0 Å². The van der Waals surface area contributed by atoms with Crippen molar-refractivity contribution in [3.05, 3.63) is 30.7 Å². The Labute approximate surface area is 62.1 Å². The summed E-state index contributed by atoms with van der Waals surface area (Å²) < 4.78 is 5.73. The van der Waals surface area contributed by atoms with Crippen LogP contribution < -0.4 is 0 Å². The molecule has 0 fully saturated rings. The molecule has 50 valence electrons. The van der Waals surface area contributed by atoms with Gasteiger partial charge < -0.3 is 4.57 Å². The van der Waals surface area contributed by atoms with E-state index < -0.39 is 0 Å². The maximum atomic E-state index is 3.75. The molecule has 2 aromatic rings. The Morgan fingerprint density at radius 3 is 2.70 bits per heavy atom. The lowest BCUT2D eigenvalue weighted by atomic mass is 10.7. The number of rotatable bonds is 1. The van der Waals surface area contributed by atoms with Crippen LogP contribution in [0.3, 0.4) is 0 Å². The van der Waals surface area contributed by atoms with Gasteiger partial charge >= 0.3 is 0 Å². The van der Waals surface area contributed by atoms with Gasteiger partial charge in [-0.15, -0.1) is 5.10 Å². The van der Waals surface area contributed by atoms with Crippen molar-refractivity contribution in [2.45, 2.75) is 0 Å². The fraction of sp³-hybridized carbons (Fsp3) is 0. The van der Waals surface area contributed by atoms with E-state index >= 15 is 0 Å². The highest BCUT2D eigenvalue weighted by Gasteiger charge is 1.94. The van der Waals surface area contributed by atoms with Gasteiger partial charge in [0.05, 0.1) is 6.20 Å². The summed E-state index contributed by atoms with van der Waals surface area (Å²) in [6.45, 7) is 0. The summed E-state index contributed by atoms with van der Waals surface area (Å²) in [5.74, 6) is 0.